The summed E-state index contributed by atoms with van der Waals surface area (Å²) < 4.78 is 10.3. The summed E-state index contributed by atoms with van der Waals surface area (Å²) in [5.74, 6) is 3.04. The van der Waals surface area contributed by atoms with Gasteiger partial charge in [0.15, 0.2) is 11.6 Å². The van der Waals surface area contributed by atoms with E-state index in [2.05, 4.69) is 40.6 Å². The Balaban J connectivity index is 1.47. The average molecular weight is 376 g/mol. The smallest absolute Gasteiger partial charge is 0.287 e. The van der Waals surface area contributed by atoms with Crippen LogP contribution in [-0.2, 0) is 0 Å². The molecule has 0 aliphatic carbocycles. The van der Waals surface area contributed by atoms with Crippen molar-refractivity contribution in [2.75, 3.05) is 14.2 Å². The highest BCUT2D eigenvalue weighted by atomic mass is 16.5. The van der Waals surface area contributed by atoms with Crippen LogP contribution in [0.1, 0.15) is 0 Å². The first kappa shape index (κ1) is 17.3. The molecule has 140 valence electrons. The normalized spacial score (nSPS) is 11.1. The van der Waals surface area contributed by atoms with E-state index in [0.717, 1.165) is 22.6 Å². The van der Waals surface area contributed by atoms with Gasteiger partial charge < -0.3 is 9.47 Å². The van der Waals surface area contributed by atoms with Crippen LogP contribution in [0.3, 0.4) is 0 Å². The van der Waals surface area contributed by atoms with Crippen LogP contribution in [0.5, 0.6) is 11.5 Å². The lowest BCUT2D eigenvalue weighted by atomic mass is 10.2. The Morgan fingerprint density at radius 3 is 1.39 bits per heavy atom. The third-order valence-corrected chi connectivity index (χ3v) is 3.90. The molecule has 10 heteroatoms. The predicted molar refractivity (Wildman–Crippen MR) is 101 cm³/mol. The molecular formula is C18H16N8O2. The van der Waals surface area contributed by atoms with Gasteiger partial charge in [0.05, 0.1) is 14.2 Å². The maximum atomic E-state index is 5.14. The molecule has 0 aliphatic heterocycles. The van der Waals surface area contributed by atoms with Gasteiger partial charge in [0, 0.05) is 11.1 Å². The van der Waals surface area contributed by atoms with Crippen LogP contribution in [0, 0.1) is 0 Å². The highest BCUT2D eigenvalue weighted by molar-refractivity contribution is 5.57. The zero-order valence-corrected chi connectivity index (χ0v) is 15.1. The lowest BCUT2D eigenvalue weighted by Crippen LogP contribution is -1.84. The van der Waals surface area contributed by atoms with E-state index in [1.807, 2.05) is 48.5 Å². The molecule has 0 atom stereocenters. The van der Waals surface area contributed by atoms with Crippen molar-refractivity contribution in [2.45, 2.75) is 0 Å². The van der Waals surface area contributed by atoms with Gasteiger partial charge in [-0.05, 0) is 48.5 Å². The molecule has 0 spiro atoms. The number of methoxy groups -OCH3 is 2. The van der Waals surface area contributed by atoms with E-state index >= 15 is 0 Å². The van der Waals surface area contributed by atoms with Gasteiger partial charge in [0.1, 0.15) is 11.5 Å². The fourth-order valence-corrected chi connectivity index (χ4v) is 2.44. The van der Waals surface area contributed by atoms with E-state index in [1.165, 1.54) is 0 Å². The Labute approximate surface area is 159 Å². The highest BCUT2D eigenvalue weighted by Crippen LogP contribution is 2.22. The molecule has 2 N–H and O–H groups in total. The van der Waals surface area contributed by atoms with E-state index in [9.17, 15) is 0 Å². The highest BCUT2D eigenvalue weighted by Gasteiger charge is 2.08. The molecule has 0 radical (unpaired) electrons. The fraction of sp³-hybridized carbons (Fsp3) is 0.111. The van der Waals surface area contributed by atoms with Crippen molar-refractivity contribution in [1.29, 1.82) is 0 Å². The van der Waals surface area contributed by atoms with Crippen molar-refractivity contribution in [3.63, 3.8) is 0 Å². The molecule has 0 amide bonds. The fourth-order valence-electron chi connectivity index (χ4n) is 2.44. The molecule has 0 fully saturated rings. The number of H-pyrrole nitrogens is 2. The van der Waals surface area contributed by atoms with Crippen molar-refractivity contribution in [1.82, 2.24) is 30.4 Å². The van der Waals surface area contributed by atoms with Crippen LogP contribution >= 0.6 is 0 Å². The van der Waals surface area contributed by atoms with Crippen LogP contribution in [0.25, 0.3) is 22.8 Å². The lowest BCUT2D eigenvalue weighted by molar-refractivity contribution is 0.414. The molecule has 10 nitrogen and oxygen atoms in total. The zero-order valence-electron chi connectivity index (χ0n) is 15.1. The molecule has 2 heterocycles. The van der Waals surface area contributed by atoms with Crippen LogP contribution in [0.15, 0.2) is 58.8 Å². The molecule has 4 rings (SSSR count). The number of aromatic nitrogens is 6. The second kappa shape index (κ2) is 7.66. The summed E-state index contributed by atoms with van der Waals surface area (Å²) in [6, 6.07) is 14.8. The summed E-state index contributed by atoms with van der Waals surface area (Å²) >= 11 is 0. The number of nitrogens with one attached hydrogen (secondary N) is 2. The summed E-state index contributed by atoms with van der Waals surface area (Å²) in [6.07, 6.45) is 0. The third kappa shape index (κ3) is 3.70. The Hall–Kier alpha value is -4.08. The van der Waals surface area contributed by atoms with Gasteiger partial charge in [-0.15, -0.1) is 20.4 Å². The molecule has 0 saturated carbocycles. The second-order valence-corrected chi connectivity index (χ2v) is 5.63. The summed E-state index contributed by atoms with van der Waals surface area (Å²) in [7, 11) is 3.23. The van der Waals surface area contributed by atoms with Gasteiger partial charge in [-0.2, -0.15) is 9.97 Å². The Morgan fingerprint density at radius 2 is 1.04 bits per heavy atom. The summed E-state index contributed by atoms with van der Waals surface area (Å²) in [6.45, 7) is 0. The van der Waals surface area contributed by atoms with Gasteiger partial charge in [0.2, 0.25) is 0 Å². The topological polar surface area (TPSA) is 126 Å². The maximum Gasteiger partial charge on any atom is 0.287 e. The standard InChI is InChI=1S/C18H16N8O2/c1-27-13-7-3-11(4-8-13)15-19-17(23-21-15)25-26-18-20-16(22-24-18)12-5-9-14(28-2)10-6-12/h3-10H,1-2H3,(H,19,21,23)(H,20,22,24)/b26-25-. The van der Waals surface area contributed by atoms with Crippen molar-refractivity contribution in [3.05, 3.63) is 48.5 Å². The molecule has 2 aromatic carbocycles. The number of nitrogens with zero attached hydrogens (tertiary/aromatic N) is 6. The number of aromatic amines is 2. The number of hydrogen-bond donors (Lipinski definition) is 2. The van der Waals surface area contributed by atoms with Crippen molar-refractivity contribution < 1.29 is 9.47 Å². The van der Waals surface area contributed by atoms with Gasteiger partial charge in [-0.25, -0.2) is 0 Å². The van der Waals surface area contributed by atoms with Crippen molar-refractivity contribution in [2.24, 2.45) is 10.2 Å². The van der Waals surface area contributed by atoms with E-state index in [4.69, 9.17) is 9.47 Å². The van der Waals surface area contributed by atoms with Crippen LogP contribution in [-0.4, -0.2) is 44.6 Å². The van der Waals surface area contributed by atoms with Crippen molar-refractivity contribution >= 4 is 11.9 Å². The van der Waals surface area contributed by atoms with E-state index in [-0.39, 0.29) is 11.9 Å². The minimum absolute atomic E-state index is 0.182. The number of hydrogen-bond acceptors (Lipinski definition) is 8. The monoisotopic (exact) mass is 376 g/mol. The molecule has 0 unspecified atom stereocenters. The van der Waals surface area contributed by atoms with Crippen LogP contribution in [0.4, 0.5) is 11.9 Å². The van der Waals surface area contributed by atoms with E-state index < -0.39 is 0 Å². The largest absolute Gasteiger partial charge is 0.497 e. The molecule has 0 aliphatic rings. The Morgan fingerprint density at radius 1 is 0.643 bits per heavy atom. The summed E-state index contributed by atoms with van der Waals surface area (Å²) in [4.78, 5) is 8.58. The zero-order chi connectivity index (χ0) is 19.3. The van der Waals surface area contributed by atoms with Gasteiger partial charge in [-0.1, -0.05) is 0 Å². The maximum absolute atomic E-state index is 5.14. The van der Waals surface area contributed by atoms with E-state index in [1.54, 1.807) is 14.2 Å². The first-order valence-electron chi connectivity index (χ1n) is 8.30. The molecular weight excluding hydrogens is 360 g/mol. The third-order valence-electron chi connectivity index (χ3n) is 3.90. The summed E-state index contributed by atoms with van der Waals surface area (Å²) in [5.41, 5.74) is 1.71. The second-order valence-electron chi connectivity index (χ2n) is 5.63. The SMILES string of the molecule is COc1ccc(-c2nc(/N=N\c3n[nH]c(-c4ccc(OC)cc4)n3)n[nH]2)cc1. The molecule has 2 aromatic heterocycles. The van der Waals surface area contributed by atoms with Gasteiger partial charge in [-0.3, -0.25) is 10.2 Å². The average Bonchev–Trinajstić information content (AvgIpc) is 3.42. The number of ether oxygens (including phenoxy) is 2. The summed E-state index contributed by atoms with van der Waals surface area (Å²) in [5, 5.41) is 21.6. The quantitative estimate of drug-likeness (QED) is 0.494. The van der Waals surface area contributed by atoms with Crippen molar-refractivity contribution in [3.8, 4) is 34.3 Å². The lowest BCUT2D eigenvalue weighted by Gasteiger charge is -1.99. The van der Waals surface area contributed by atoms with Crippen LogP contribution < -0.4 is 9.47 Å². The number of rotatable bonds is 6. The Bertz CT molecular complexity index is 996. The number of benzene rings is 2. The predicted octanol–water partition coefficient (Wildman–Crippen LogP) is 3.69. The molecule has 0 saturated heterocycles. The van der Waals surface area contributed by atoms with Gasteiger partial charge in [0.25, 0.3) is 11.9 Å². The Kier molecular flexibility index (Phi) is 4.74. The number of azo groups is 1. The van der Waals surface area contributed by atoms with E-state index in [0.29, 0.717) is 11.6 Å². The minimum atomic E-state index is 0.182. The first-order valence-corrected chi connectivity index (χ1v) is 8.30. The van der Waals surface area contributed by atoms with Crippen LogP contribution in [0.2, 0.25) is 0 Å². The van der Waals surface area contributed by atoms with Gasteiger partial charge >= 0.3 is 0 Å². The first-order chi connectivity index (χ1) is 13.7. The molecule has 4 aromatic rings. The molecule has 0 bridgehead atoms. The molecule has 28 heavy (non-hydrogen) atoms. The minimum Gasteiger partial charge on any atom is -0.497 e.